The highest BCUT2D eigenvalue weighted by Gasteiger charge is 2.33. The van der Waals surface area contributed by atoms with Crippen LogP contribution in [0.1, 0.15) is 31.7 Å². The minimum atomic E-state index is -0.591. The summed E-state index contributed by atoms with van der Waals surface area (Å²) in [5.41, 5.74) is 2.74. The van der Waals surface area contributed by atoms with Gasteiger partial charge in [-0.15, -0.1) is 0 Å². The Morgan fingerprint density at radius 3 is 2.50 bits per heavy atom. The van der Waals surface area contributed by atoms with Crippen LogP contribution >= 0.6 is 37.6 Å². The maximum atomic E-state index is 14.6. The molecule has 1 saturated heterocycles. The van der Waals surface area contributed by atoms with Gasteiger partial charge in [0.2, 0.25) is 0 Å². The molecule has 5 nitrogen and oxygen atoms in total. The Kier molecular flexibility index (Phi) is 7.08. The molecule has 2 aliphatic rings. The number of nitrogens with zero attached hydrogens (tertiary/aromatic N) is 4. The zero-order chi connectivity index (χ0) is 24.0. The first kappa shape index (κ1) is 24.6. The third-order valence-electron chi connectivity index (χ3n) is 6.90. The molecule has 0 unspecified atom stereocenters. The van der Waals surface area contributed by atoms with E-state index < -0.39 is 10.0 Å². The van der Waals surface area contributed by atoms with E-state index in [-0.39, 0.29) is 5.82 Å². The van der Waals surface area contributed by atoms with E-state index in [0.29, 0.717) is 29.0 Å². The lowest BCUT2D eigenvalue weighted by Crippen LogP contribution is -2.35. The lowest BCUT2D eigenvalue weighted by atomic mass is 10.0. The highest BCUT2D eigenvalue weighted by Crippen LogP contribution is 2.40. The number of aromatic nitrogens is 3. The van der Waals surface area contributed by atoms with Crippen LogP contribution in [0.15, 0.2) is 29.0 Å². The molecule has 0 N–H and O–H groups in total. The molecule has 34 heavy (non-hydrogen) atoms. The monoisotopic (exact) mass is 570 g/mol. The Labute approximate surface area is 216 Å². The van der Waals surface area contributed by atoms with Crippen molar-refractivity contribution in [1.82, 2.24) is 19.2 Å². The highest BCUT2D eigenvalue weighted by atomic mass is 79.9. The van der Waals surface area contributed by atoms with Crippen LogP contribution in [0.2, 0.25) is 5.15 Å². The molecule has 0 atom stereocenters. The summed E-state index contributed by atoms with van der Waals surface area (Å²) in [6.45, 7) is 3.29. The minimum absolute atomic E-state index is 0.245. The number of hydrogen-bond acceptors (Lipinski definition) is 3. The van der Waals surface area contributed by atoms with E-state index in [1.165, 1.54) is 12.8 Å². The van der Waals surface area contributed by atoms with Gasteiger partial charge in [-0.3, -0.25) is 0 Å². The van der Waals surface area contributed by atoms with Gasteiger partial charge in [-0.25, -0.2) is 19.1 Å². The maximum absolute atomic E-state index is 14.6. The Morgan fingerprint density at radius 1 is 1.09 bits per heavy atom. The summed E-state index contributed by atoms with van der Waals surface area (Å²) in [4.78, 5) is 2.61. The van der Waals surface area contributed by atoms with Crippen LogP contribution in [0.3, 0.4) is 0 Å². The molecule has 2 fully saturated rings. The highest BCUT2D eigenvalue weighted by molar-refractivity contribution is 9.10. The summed E-state index contributed by atoms with van der Waals surface area (Å²) in [6, 6.07) is 4.66. The molecule has 0 radical (unpaired) electrons. The van der Waals surface area contributed by atoms with Gasteiger partial charge in [0.25, 0.3) is 0 Å². The Bertz CT molecular complexity index is 1180. The number of rotatable bonds is 8. The van der Waals surface area contributed by atoms with Crippen LogP contribution in [0.5, 0.6) is 0 Å². The number of hydrogen-bond donors (Lipinski definition) is 0. The van der Waals surface area contributed by atoms with Crippen LogP contribution in [-0.2, 0) is 11.5 Å². The Morgan fingerprint density at radius 2 is 1.82 bits per heavy atom. The van der Waals surface area contributed by atoms with E-state index in [1.807, 2.05) is 12.3 Å². The lowest BCUT2D eigenvalue weighted by molar-refractivity contribution is 0.0810. The van der Waals surface area contributed by atoms with Crippen molar-refractivity contribution in [3.05, 3.63) is 40.0 Å². The SMILES string of the molecule is CS(C)(C)CCOCn1cc(-c2cn(C3CCN(C4CC4)CC3)c3cc(F)c(Br)cc23)c(Cl)n1. The molecule has 0 bridgehead atoms. The molecule has 5 rings (SSSR count). The summed E-state index contributed by atoms with van der Waals surface area (Å²) < 4.78 is 24.9. The summed E-state index contributed by atoms with van der Waals surface area (Å²) in [6.07, 6.45) is 15.8. The van der Waals surface area contributed by atoms with E-state index in [9.17, 15) is 4.39 Å². The van der Waals surface area contributed by atoms with Crippen molar-refractivity contribution in [2.75, 3.05) is 44.2 Å². The molecular weight excluding hydrogens is 539 g/mol. The maximum Gasteiger partial charge on any atom is 0.159 e. The Balaban J connectivity index is 1.42. The minimum Gasteiger partial charge on any atom is -0.358 e. The van der Waals surface area contributed by atoms with Gasteiger partial charge in [0.15, 0.2) is 5.15 Å². The lowest BCUT2D eigenvalue weighted by Gasteiger charge is -2.33. The van der Waals surface area contributed by atoms with Crippen LogP contribution in [-0.4, -0.2) is 69.5 Å². The molecule has 1 saturated carbocycles. The van der Waals surface area contributed by atoms with Crippen molar-refractivity contribution in [2.24, 2.45) is 0 Å². The van der Waals surface area contributed by atoms with Gasteiger partial charge in [0.1, 0.15) is 12.5 Å². The number of benzene rings is 1. The smallest absolute Gasteiger partial charge is 0.159 e. The van der Waals surface area contributed by atoms with Gasteiger partial charge in [0.05, 0.1) is 16.6 Å². The molecule has 9 heteroatoms. The fourth-order valence-electron chi connectivity index (χ4n) is 4.84. The third kappa shape index (κ3) is 5.36. The predicted molar refractivity (Wildman–Crippen MR) is 145 cm³/mol. The van der Waals surface area contributed by atoms with E-state index >= 15 is 0 Å². The van der Waals surface area contributed by atoms with Crippen molar-refractivity contribution in [3.63, 3.8) is 0 Å². The molecule has 2 aromatic heterocycles. The van der Waals surface area contributed by atoms with Crippen molar-refractivity contribution in [2.45, 2.75) is 44.5 Å². The van der Waals surface area contributed by atoms with Gasteiger partial charge < -0.3 is 14.2 Å². The number of piperidine rings is 1. The summed E-state index contributed by atoms with van der Waals surface area (Å²) in [5, 5.41) is 5.91. The van der Waals surface area contributed by atoms with Crippen molar-refractivity contribution in [1.29, 1.82) is 0 Å². The molecule has 1 aliphatic carbocycles. The number of fused-ring (bicyclic) bond motifs is 1. The van der Waals surface area contributed by atoms with Crippen molar-refractivity contribution < 1.29 is 9.13 Å². The van der Waals surface area contributed by atoms with E-state index in [1.54, 1.807) is 10.7 Å². The molecule has 186 valence electrons. The van der Waals surface area contributed by atoms with Gasteiger partial charge in [0, 0.05) is 59.8 Å². The second-order valence-electron chi connectivity index (χ2n) is 10.4. The van der Waals surface area contributed by atoms with Gasteiger partial charge in [-0.2, -0.15) is 5.10 Å². The molecule has 3 aromatic rings. The normalized spacial score (nSPS) is 18.8. The van der Waals surface area contributed by atoms with Crippen LogP contribution < -0.4 is 0 Å². The van der Waals surface area contributed by atoms with Crippen molar-refractivity contribution >= 4 is 48.5 Å². The molecule has 1 aromatic carbocycles. The molecular formula is C25H33BrClFN4OS. The topological polar surface area (TPSA) is 35.2 Å². The zero-order valence-electron chi connectivity index (χ0n) is 20.1. The summed E-state index contributed by atoms with van der Waals surface area (Å²) >= 11 is 9.99. The molecule has 0 spiro atoms. The second-order valence-corrected chi connectivity index (χ2v) is 16.2. The van der Waals surface area contributed by atoms with Crippen LogP contribution in [0.25, 0.3) is 22.0 Å². The molecule has 3 heterocycles. The fourth-order valence-corrected chi connectivity index (χ4v) is 6.05. The average Bonchev–Trinajstić information content (AvgIpc) is 3.49. The van der Waals surface area contributed by atoms with Gasteiger partial charge >= 0.3 is 0 Å². The summed E-state index contributed by atoms with van der Waals surface area (Å²) in [7, 11) is -0.591. The first-order valence-electron chi connectivity index (χ1n) is 11.9. The van der Waals surface area contributed by atoms with Crippen molar-refractivity contribution in [3.8, 4) is 11.1 Å². The second kappa shape index (κ2) is 9.77. The van der Waals surface area contributed by atoms with Gasteiger partial charge in [-0.05, 0) is 72.5 Å². The largest absolute Gasteiger partial charge is 0.358 e. The van der Waals surface area contributed by atoms with E-state index in [0.717, 1.165) is 59.8 Å². The quantitative estimate of drug-likeness (QED) is 0.289. The number of likely N-dealkylation sites (tertiary alicyclic amines) is 1. The fraction of sp³-hybridized carbons (Fsp3) is 0.560. The Hall–Kier alpha value is -1.06. The zero-order valence-corrected chi connectivity index (χ0v) is 23.2. The standard InChI is InChI=1S/C25H33BrClFN4OS/c1-34(2,3)11-10-33-16-31-14-21(25(27)29-31)20-15-32(24-13-23(28)22(26)12-19(20)24)18-6-8-30(9-7-18)17-4-5-17/h12-15,17-18H,4-11,16H2,1-3H3. The molecule has 1 aliphatic heterocycles. The first-order chi connectivity index (χ1) is 16.2. The van der Waals surface area contributed by atoms with Gasteiger partial charge in [-0.1, -0.05) is 11.6 Å². The van der Waals surface area contributed by atoms with Crippen LogP contribution in [0, 0.1) is 5.82 Å². The first-order valence-corrected chi connectivity index (χ1v) is 16.1. The predicted octanol–water partition coefficient (Wildman–Crippen LogP) is 6.53. The van der Waals surface area contributed by atoms with E-state index in [4.69, 9.17) is 16.3 Å². The van der Waals surface area contributed by atoms with Crippen LogP contribution in [0.4, 0.5) is 4.39 Å². The van der Waals surface area contributed by atoms with E-state index in [2.05, 4.69) is 55.5 Å². The summed E-state index contributed by atoms with van der Waals surface area (Å²) in [5.74, 6) is 0.812. The average molecular weight is 572 g/mol. The number of halogens is 3. The third-order valence-corrected chi connectivity index (χ3v) is 9.18. The number of ether oxygens (including phenoxy) is 1. The molecule has 0 amide bonds.